The van der Waals surface area contributed by atoms with Gasteiger partial charge in [-0.15, -0.1) is 0 Å². The highest BCUT2D eigenvalue weighted by Gasteiger charge is 2.17. The Kier molecular flexibility index (Phi) is 6.20. The van der Waals surface area contributed by atoms with E-state index in [4.69, 9.17) is 10.3 Å². The third-order valence-electron chi connectivity index (χ3n) is 2.87. The standard InChI is InChI=1S/C13H22N4O3/c1-4-15-11(18)8-17(5-2)7-10-6-9(3)12(20-10)13(19)16-14/h6H,4-5,7-8,14H2,1-3H3,(H,15,18)(H,16,19). The summed E-state index contributed by atoms with van der Waals surface area (Å²) in [6.45, 7) is 7.68. The number of carbonyl (C=O) groups is 2. The Labute approximate surface area is 118 Å². The largest absolute Gasteiger partial charge is 0.454 e. The molecule has 4 N–H and O–H groups in total. The number of amides is 2. The normalized spacial score (nSPS) is 10.7. The van der Waals surface area contributed by atoms with Gasteiger partial charge in [-0.3, -0.25) is 19.9 Å². The van der Waals surface area contributed by atoms with E-state index in [2.05, 4.69) is 5.32 Å². The fraction of sp³-hybridized carbons (Fsp3) is 0.538. The minimum Gasteiger partial charge on any atom is -0.454 e. The first kappa shape index (κ1) is 16.2. The van der Waals surface area contributed by atoms with Crippen LogP contribution in [-0.2, 0) is 11.3 Å². The molecule has 1 heterocycles. The number of hydrazine groups is 1. The second-order valence-corrected chi connectivity index (χ2v) is 4.46. The van der Waals surface area contributed by atoms with Crippen molar-refractivity contribution in [3.8, 4) is 0 Å². The molecule has 0 saturated carbocycles. The van der Waals surface area contributed by atoms with Crippen molar-refractivity contribution in [2.45, 2.75) is 27.3 Å². The van der Waals surface area contributed by atoms with Gasteiger partial charge in [0.25, 0.3) is 0 Å². The summed E-state index contributed by atoms with van der Waals surface area (Å²) in [4.78, 5) is 24.9. The average molecular weight is 282 g/mol. The fourth-order valence-electron chi connectivity index (χ4n) is 1.87. The van der Waals surface area contributed by atoms with E-state index in [9.17, 15) is 9.59 Å². The van der Waals surface area contributed by atoms with E-state index in [1.54, 1.807) is 13.0 Å². The number of nitrogens with zero attached hydrogens (tertiary/aromatic N) is 1. The number of hydrogen-bond donors (Lipinski definition) is 3. The van der Waals surface area contributed by atoms with Crippen molar-refractivity contribution in [3.63, 3.8) is 0 Å². The van der Waals surface area contributed by atoms with Crippen LogP contribution in [0.25, 0.3) is 0 Å². The highest BCUT2D eigenvalue weighted by Crippen LogP contribution is 2.16. The molecule has 2 amide bonds. The molecular formula is C13H22N4O3. The van der Waals surface area contributed by atoms with Crippen molar-refractivity contribution < 1.29 is 14.0 Å². The van der Waals surface area contributed by atoms with Crippen LogP contribution < -0.4 is 16.6 Å². The Bertz CT molecular complexity index is 470. The molecule has 7 heteroatoms. The molecule has 0 aliphatic rings. The topological polar surface area (TPSA) is 101 Å². The number of rotatable bonds is 7. The van der Waals surface area contributed by atoms with Crippen LogP contribution in [0.15, 0.2) is 10.5 Å². The lowest BCUT2D eigenvalue weighted by molar-refractivity contribution is -0.122. The maximum absolute atomic E-state index is 11.6. The fourth-order valence-corrected chi connectivity index (χ4v) is 1.87. The Morgan fingerprint density at radius 1 is 1.40 bits per heavy atom. The number of likely N-dealkylation sites (N-methyl/N-ethyl adjacent to an activating group) is 2. The molecule has 112 valence electrons. The van der Waals surface area contributed by atoms with Crippen molar-refractivity contribution in [2.24, 2.45) is 5.84 Å². The number of hydrogen-bond acceptors (Lipinski definition) is 5. The summed E-state index contributed by atoms with van der Waals surface area (Å²) in [7, 11) is 0. The number of nitrogens with one attached hydrogen (secondary N) is 2. The van der Waals surface area contributed by atoms with Crippen LogP contribution in [0.1, 0.15) is 35.7 Å². The van der Waals surface area contributed by atoms with E-state index >= 15 is 0 Å². The smallest absolute Gasteiger partial charge is 0.301 e. The number of furan rings is 1. The van der Waals surface area contributed by atoms with E-state index in [1.165, 1.54) is 0 Å². The Morgan fingerprint density at radius 2 is 2.10 bits per heavy atom. The molecule has 0 aliphatic carbocycles. The van der Waals surface area contributed by atoms with Gasteiger partial charge in [0.05, 0.1) is 13.1 Å². The van der Waals surface area contributed by atoms with Gasteiger partial charge in [0.1, 0.15) is 5.76 Å². The van der Waals surface area contributed by atoms with E-state index in [1.807, 2.05) is 24.2 Å². The molecule has 1 aromatic heterocycles. The summed E-state index contributed by atoms with van der Waals surface area (Å²) < 4.78 is 5.48. The molecule has 0 spiro atoms. The average Bonchev–Trinajstić information content (AvgIpc) is 2.78. The lowest BCUT2D eigenvalue weighted by Gasteiger charge is -2.18. The first-order valence-corrected chi connectivity index (χ1v) is 6.61. The molecule has 0 fully saturated rings. The summed E-state index contributed by atoms with van der Waals surface area (Å²) in [6.07, 6.45) is 0. The minimum atomic E-state index is -0.458. The molecule has 0 unspecified atom stereocenters. The molecule has 0 bridgehead atoms. The Morgan fingerprint density at radius 3 is 2.65 bits per heavy atom. The highest BCUT2D eigenvalue weighted by molar-refractivity contribution is 5.92. The second kappa shape index (κ2) is 7.66. The Hall–Kier alpha value is -1.86. The maximum atomic E-state index is 11.6. The lowest BCUT2D eigenvalue weighted by Crippen LogP contribution is -2.36. The van der Waals surface area contributed by atoms with Gasteiger partial charge in [-0.2, -0.15) is 0 Å². The predicted molar refractivity (Wildman–Crippen MR) is 74.7 cm³/mol. The minimum absolute atomic E-state index is 0.0300. The van der Waals surface area contributed by atoms with Crippen LogP contribution in [0.3, 0.4) is 0 Å². The number of aryl methyl sites for hydroxylation is 1. The second-order valence-electron chi connectivity index (χ2n) is 4.46. The summed E-state index contributed by atoms with van der Waals surface area (Å²) >= 11 is 0. The van der Waals surface area contributed by atoms with Crippen LogP contribution in [0.2, 0.25) is 0 Å². The van der Waals surface area contributed by atoms with Gasteiger partial charge in [-0.1, -0.05) is 6.92 Å². The van der Waals surface area contributed by atoms with Crippen molar-refractivity contribution in [2.75, 3.05) is 19.6 Å². The van der Waals surface area contributed by atoms with Crippen molar-refractivity contribution in [1.82, 2.24) is 15.6 Å². The molecule has 20 heavy (non-hydrogen) atoms. The van der Waals surface area contributed by atoms with Gasteiger partial charge in [-0.25, -0.2) is 5.84 Å². The first-order chi connectivity index (χ1) is 9.51. The molecule has 1 aromatic rings. The maximum Gasteiger partial charge on any atom is 0.301 e. The summed E-state index contributed by atoms with van der Waals surface area (Å²) in [5.41, 5.74) is 2.76. The van der Waals surface area contributed by atoms with Gasteiger partial charge < -0.3 is 9.73 Å². The van der Waals surface area contributed by atoms with Gasteiger partial charge in [-0.05, 0) is 26.5 Å². The Balaban J connectivity index is 2.70. The van der Waals surface area contributed by atoms with Crippen molar-refractivity contribution >= 4 is 11.8 Å². The molecular weight excluding hydrogens is 260 g/mol. The van der Waals surface area contributed by atoms with E-state index in [0.717, 1.165) is 5.56 Å². The molecule has 0 saturated heterocycles. The van der Waals surface area contributed by atoms with Crippen molar-refractivity contribution in [1.29, 1.82) is 0 Å². The van der Waals surface area contributed by atoms with Gasteiger partial charge in [0, 0.05) is 12.1 Å². The molecule has 7 nitrogen and oxygen atoms in total. The zero-order chi connectivity index (χ0) is 15.1. The number of nitrogen functional groups attached to an aromatic ring is 1. The predicted octanol–water partition coefficient (Wildman–Crippen LogP) is 0.150. The van der Waals surface area contributed by atoms with E-state index < -0.39 is 5.91 Å². The lowest BCUT2D eigenvalue weighted by atomic mass is 10.2. The first-order valence-electron chi connectivity index (χ1n) is 6.61. The summed E-state index contributed by atoms with van der Waals surface area (Å²) in [6, 6.07) is 1.78. The summed E-state index contributed by atoms with van der Waals surface area (Å²) in [5, 5.41) is 2.75. The van der Waals surface area contributed by atoms with Crippen LogP contribution in [0, 0.1) is 6.92 Å². The quantitative estimate of drug-likeness (QED) is 0.375. The van der Waals surface area contributed by atoms with Crippen LogP contribution >= 0.6 is 0 Å². The molecule has 0 atom stereocenters. The SMILES string of the molecule is CCNC(=O)CN(CC)Cc1cc(C)c(C(=O)NN)o1. The zero-order valence-electron chi connectivity index (χ0n) is 12.2. The monoisotopic (exact) mass is 282 g/mol. The number of carbonyl (C=O) groups excluding carboxylic acids is 2. The molecule has 0 aliphatic heterocycles. The highest BCUT2D eigenvalue weighted by atomic mass is 16.4. The van der Waals surface area contributed by atoms with Crippen LogP contribution in [0.4, 0.5) is 0 Å². The molecule has 1 rings (SSSR count). The number of nitrogens with two attached hydrogens (primary N) is 1. The summed E-state index contributed by atoms with van der Waals surface area (Å²) in [5.74, 6) is 5.43. The van der Waals surface area contributed by atoms with Crippen LogP contribution in [0.5, 0.6) is 0 Å². The molecule has 0 radical (unpaired) electrons. The van der Waals surface area contributed by atoms with Crippen LogP contribution in [-0.4, -0.2) is 36.3 Å². The van der Waals surface area contributed by atoms with Crippen molar-refractivity contribution in [3.05, 3.63) is 23.2 Å². The van der Waals surface area contributed by atoms with Gasteiger partial charge >= 0.3 is 5.91 Å². The zero-order valence-corrected chi connectivity index (χ0v) is 12.2. The van der Waals surface area contributed by atoms with E-state index in [-0.39, 0.29) is 11.7 Å². The third kappa shape index (κ3) is 4.36. The van der Waals surface area contributed by atoms with E-state index in [0.29, 0.717) is 31.9 Å². The van der Waals surface area contributed by atoms with Gasteiger partial charge in [0.2, 0.25) is 5.91 Å². The van der Waals surface area contributed by atoms with Gasteiger partial charge in [0.15, 0.2) is 5.76 Å². The third-order valence-corrected chi connectivity index (χ3v) is 2.87. The molecule has 0 aromatic carbocycles.